The molecule has 130 valence electrons. The Labute approximate surface area is 151 Å². The maximum atomic E-state index is 12.7. The quantitative estimate of drug-likeness (QED) is 0.829. The van der Waals surface area contributed by atoms with E-state index in [9.17, 15) is 9.59 Å². The number of nitrogens with one attached hydrogen (secondary N) is 2. The fourth-order valence-corrected chi connectivity index (χ4v) is 3.19. The van der Waals surface area contributed by atoms with Crippen LogP contribution >= 0.6 is 12.2 Å². The van der Waals surface area contributed by atoms with Crippen LogP contribution in [-0.4, -0.2) is 39.8 Å². The average molecular weight is 356 g/mol. The summed E-state index contributed by atoms with van der Waals surface area (Å²) in [7, 11) is 0. The lowest BCUT2D eigenvalue weighted by Gasteiger charge is -2.32. The molecule has 2 aromatic rings. The number of hydrogen-bond donors (Lipinski definition) is 2. The second-order valence-corrected chi connectivity index (χ2v) is 6.57. The van der Waals surface area contributed by atoms with Crippen LogP contribution in [0.4, 0.5) is 5.82 Å². The van der Waals surface area contributed by atoms with E-state index in [2.05, 4.69) is 15.3 Å². The Morgan fingerprint density at radius 3 is 2.96 bits per heavy atom. The van der Waals surface area contributed by atoms with Crippen molar-refractivity contribution in [2.45, 2.75) is 19.8 Å². The highest BCUT2D eigenvalue weighted by molar-refractivity contribution is 7.71. The van der Waals surface area contributed by atoms with Crippen molar-refractivity contribution in [1.82, 2.24) is 14.9 Å². The molecule has 0 radical (unpaired) electrons. The SMILES string of the molecule is Cc1cccnc1NC(=O)C1CCCN(C(=O)c2ccc[nH]c2=S)C1. The maximum absolute atomic E-state index is 12.7. The number of likely N-dealkylation sites (tertiary alicyclic amines) is 1. The highest BCUT2D eigenvalue weighted by Crippen LogP contribution is 2.21. The van der Waals surface area contributed by atoms with Crippen LogP contribution in [0.15, 0.2) is 36.7 Å². The van der Waals surface area contributed by atoms with E-state index in [1.165, 1.54) is 0 Å². The largest absolute Gasteiger partial charge is 0.352 e. The highest BCUT2D eigenvalue weighted by atomic mass is 32.1. The van der Waals surface area contributed by atoms with Gasteiger partial charge in [-0.15, -0.1) is 0 Å². The zero-order chi connectivity index (χ0) is 17.8. The summed E-state index contributed by atoms with van der Waals surface area (Å²) < 4.78 is 0.420. The van der Waals surface area contributed by atoms with Crippen LogP contribution in [0.2, 0.25) is 0 Å². The van der Waals surface area contributed by atoms with Gasteiger partial charge in [0.2, 0.25) is 5.91 Å². The van der Waals surface area contributed by atoms with Crippen LogP contribution in [-0.2, 0) is 4.79 Å². The topological polar surface area (TPSA) is 78.1 Å². The molecule has 25 heavy (non-hydrogen) atoms. The minimum Gasteiger partial charge on any atom is -0.352 e. The summed E-state index contributed by atoms with van der Waals surface area (Å²) >= 11 is 5.19. The minimum atomic E-state index is -0.250. The summed E-state index contributed by atoms with van der Waals surface area (Å²) in [5.74, 6) is 0.0905. The molecule has 3 heterocycles. The van der Waals surface area contributed by atoms with Crippen molar-refractivity contribution < 1.29 is 9.59 Å². The number of aryl methyl sites for hydroxylation is 1. The lowest BCUT2D eigenvalue weighted by molar-refractivity contribution is -0.121. The highest BCUT2D eigenvalue weighted by Gasteiger charge is 2.29. The molecule has 1 unspecified atom stereocenters. The number of rotatable bonds is 3. The first-order valence-electron chi connectivity index (χ1n) is 8.25. The van der Waals surface area contributed by atoms with Gasteiger partial charge in [-0.2, -0.15) is 0 Å². The van der Waals surface area contributed by atoms with E-state index >= 15 is 0 Å². The van der Waals surface area contributed by atoms with Crippen molar-refractivity contribution in [3.63, 3.8) is 0 Å². The molecule has 2 amide bonds. The first-order valence-corrected chi connectivity index (χ1v) is 8.66. The van der Waals surface area contributed by atoms with Crippen molar-refractivity contribution in [3.05, 3.63) is 52.4 Å². The number of H-pyrrole nitrogens is 1. The second kappa shape index (κ2) is 7.57. The first kappa shape index (κ1) is 17.3. The number of aromatic nitrogens is 2. The van der Waals surface area contributed by atoms with Gasteiger partial charge in [0.15, 0.2) is 0 Å². The molecule has 1 saturated heterocycles. The van der Waals surface area contributed by atoms with Crippen LogP contribution in [0.5, 0.6) is 0 Å². The predicted molar refractivity (Wildman–Crippen MR) is 97.9 cm³/mol. The van der Waals surface area contributed by atoms with E-state index in [0.29, 0.717) is 29.1 Å². The molecule has 1 atom stereocenters. The monoisotopic (exact) mass is 356 g/mol. The number of piperidine rings is 1. The number of carbonyl (C=O) groups is 2. The Balaban J connectivity index is 1.70. The lowest BCUT2D eigenvalue weighted by Crippen LogP contribution is -2.44. The molecule has 0 saturated carbocycles. The number of hydrogen-bond acceptors (Lipinski definition) is 4. The van der Waals surface area contributed by atoms with Gasteiger partial charge in [-0.1, -0.05) is 18.3 Å². The summed E-state index contributed by atoms with van der Waals surface area (Å²) in [6, 6.07) is 7.19. The van der Waals surface area contributed by atoms with Gasteiger partial charge in [-0.05, 0) is 43.5 Å². The molecule has 3 rings (SSSR count). The van der Waals surface area contributed by atoms with Gasteiger partial charge in [0, 0.05) is 25.5 Å². The molecule has 1 fully saturated rings. The van der Waals surface area contributed by atoms with Gasteiger partial charge in [0.25, 0.3) is 5.91 Å². The fourth-order valence-electron chi connectivity index (χ4n) is 2.97. The molecule has 0 aromatic carbocycles. The Morgan fingerprint density at radius 2 is 2.20 bits per heavy atom. The van der Waals surface area contributed by atoms with Gasteiger partial charge < -0.3 is 15.2 Å². The van der Waals surface area contributed by atoms with E-state index in [1.54, 1.807) is 29.4 Å². The smallest absolute Gasteiger partial charge is 0.256 e. The molecule has 1 aliphatic heterocycles. The number of carbonyl (C=O) groups excluding carboxylic acids is 2. The van der Waals surface area contributed by atoms with E-state index in [4.69, 9.17) is 12.2 Å². The van der Waals surface area contributed by atoms with Crippen molar-refractivity contribution in [1.29, 1.82) is 0 Å². The van der Waals surface area contributed by atoms with Gasteiger partial charge >= 0.3 is 0 Å². The number of anilines is 1. The fraction of sp³-hybridized carbons (Fsp3) is 0.333. The second-order valence-electron chi connectivity index (χ2n) is 6.16. The number of nitrogens with zero attached hydrogens (tertiary/aromatic N) is 2. The number of amides is 2. The molecular formula is C18H20N4O2S. The minimum absolute atomic E-state index is 0.0995. The number of pyridine rings is 2. The van der Waals surface area contributed by atoms with Crippen LogP contribution in [0, 0.1) is 17.5 Å². The number of aromatic amines is 1. The van der Waals surface area contributed by atoms with Crippen molar-refractivity contribution in [2.75, 3.05) is 18.4 Å². The third kappa shape index (κ3) is 3.93. The lowest BCUT2D eigenvalue weighted by atomic mass is 9.96. The Hall–Kier alpha value is -2.54. The van der Waals surface area contributed by atoms with Crippen LogP contribution in [0.1, 0.15) is 28.8 Å². The zero-order valence-electron chi connectivity index (χ0n) is 14.0. The molecule has 2 aromatic heterocycles. The summed E-state index contributed by atoms with van der Waals surface area (Å²) in [4.78, 5) is 34.0. The average Bonchev–Trinajstić information content (AvgIpc) is 2.63. The summed E-state index contributed by atoms with van der Waals surface area (Å²) in [5.41, 5.74) is 1.38. The van der Waals surface area contributed by atoms with Crippen LogP contribution < -0.4 is 5.32 Å². The standard InChI is InChI=1S/C18H20N4O2S/c1-12-5-2-8-19-15(12)21-16(23)13-6-4-10-22(11-13)18(24)14-7-3-9-20-17(14)25/h2-3,5,7-9,13H,4,6,10-11H2,1H3,(H,20,25)(H,19,21,23). The van der Waals surface area contributed by atoms with E-state index < -0.39 is 0 Å². The molecular weight excluding hydrogens is 336 g/mol. The molecule has 0 spiro atoms. The third-order valence-electron chi connectivity index (χ3n) is 4.38. The van der Waals surface area contributed by atoms with E-state index in [0.717, 1.165) is 18.4 Å². The van der Waals surface area contributed by atoms with Gasteiger partial charge in [-0.3, -0.25) is 9.59 Å². The van der Waals surface area contributed by atoms with Crippen molar-refractivity contribution in [3.8, 4) is 0 Å². The molecule has 0 bridgehead atoms. The van der Waals surface area contributed by atoms with E-state index in [1.807, 2.05) is 19.1 Å². The molecule has 1 aliphatic rings. The third-order valence-corrected chi connectivity index (χ3v) is 4.72. The normalized spacial score (nSPS) is 17.2. The van der Waals surface area contributed by atoms with Gasteiger partial charge in [-0.25, -0.2) is 4.98 Å². The molecule has 0 aliphatic carbocycles. The van der Waals surface area contributed by atoms with Gasteiger partial charge in [0.1, 0.15) is 10.5 Å². The van der Waals surface area contributed by atoms with Crippen molar-refractivity contribution >= 4 is 29.9 Å². The summed E-state index contributed by atoms with van der Waals surface area (Å²) in [6.45, 7) is 2.92. The first-order chi connectivity index (χ1) is 12.1. The predicted octanol–water partition coefficient (Wildman–Crippen LogP) is 2.94. The van der Waals surface area contributed by atoms with Gasteiger partial charge in [0.05, 0.1) is 11.5 Å². The Kier molecular flexibility index (Phi) is 5.23. The summed E-state index contributed by atoms with van der Waals surface area (Å²) in [6.07, 6.45) is 4.88. The summed E-state index contributed by atoms with van der Waals surface area (Å²) in [5, 5.41) is 2.88. The molecule has 6 nitrogen and oxygen atoms in total. The van der Waals surface area contributed by atoms with Crippen molar-refractivity contribution in [2.24, 2.45) is 5.92 Å². The Morgan fingerprint density at radius 1 is 1.36 bits per heavy atom. The maximum Gasteiger partial charge on any atom is 0.256 e. The Bertz CT molecular complexity index is 849. The van der Waals surface area contributed by atoms with E-state index in [-0.39, 0.29) is 17.7 Å². The van der Waals surface area contributed by atoms with Crippen LogP contribution in [0.25, 0.3) is 0 Å². The molecule has 2 N–H and O–H groups in total. The zero-order valence-corrected chi connectivity index (χ0v) is 14.8. The molecule has 7 heteroatoms. The van der Waals surface area contributed by atoms with Crippen LogP contribution in [0.3, 0.4) is 0 Å².